The van der Waals surface area contributed by atoms with Gasteiger partial charge in [0.1, 0.15) is 5.03 Å². The molecule has 0 atom stereocenters. The molecule has 2 aromatic rings. The van der Waals surface area contributed by atoms with Gasteiger partial charge >= 0.3 is 0 Å². The van der Waals surface area contributed by atoms with Crippen molar-refractivity contribution in [3.63, 3.8) is 0 Å². The van der Waals surface area contributed by atoms with Crippen LogP contribution in [0.5, 0.6) is 0 Å². The number of nitrogens with one attached hydrogen (secondary N) is 1. The maximum atomic E-state index is 12.4. The summed E-state index contributed by atoms with van der Waals surface area (Å²) >= 11 is 6.10. The van der Waals surface area contributed by atoms with E-state index in [1.165, 1.54) is 18.3 Å². The van der Waals surface area contributed by atoms with Gasteiger partial charge in [0.15, 0.2) is 0 Å². The topological polar surface area (TPSA) is 42.0 Å². The van der Waals surface area contributed by atoms with Crippen LogP contribution in [-0.2, 0) is 6.54 Å². The summed E-state index contributed by atoms with van der Waals surface area (Å²) in [5.74, 6) is -3.08. The first-order valence-corrected chi connectivity index (χ1v) is 7.24. The van der Waals surface area contributed by atoms with Crippen molar-refractivity contribution in [2.45, 2.75) is 17.3 Å². The first kappa shape index (κ1) is 15.7. The van der Waals surface area contributed by atoms with Crippen LogP contribution in [-0.4, -0.2) is 16.6 Å². The number of carbonyl (C=O) groups excluding carboxylic acids is 1. The van der Waals surface area contributed by atoms with Gasteiger partial charge in [-0.3, -0.25) is 4.79 Å². The molecule has 3 nitrogen and oxygen atoms in total. The van der Waals surface area contributed by atoms with Crippen LogP contribution in [0.15, 0.2) is 47.6 Å². The third-order valence-corrected chi connectivity index (χ3v) is 3.52. The molecular formula is C14H11ClF2N2OS. The highest BCUT2D eigenvalue weighted by Gasteiger charge is 2.16. The van der Waals surface area contributed by atoms with Crippen molar-refractivity contribution in [2.75, 3.05) is 0 Å². The highest BCUT2D eigenvalue weighted by atomic mass is 35.5. The van der Waals surface area contributed by atoms with E-state index in [2.05, 4.69) is 10.3 Å². The number of aromatic nitrogens is 1. The maximum absolute atomic E-state index is 12.4. The van der Waals surface area contributed by atoms with Crippen LogP contribution >= 0.6 is 23.4 Å². The van der Waals surface area contributed by atoms with E-state index in [1.54, 1.807) is 18.2 Å². The molecule has 21 heavy (non-hydrogen) atoms. The minimum atomic E-state index is -2.63. The molecule has 1 aromatic carbocycles. The molecule has 0 radical (unpaired) electrons. The van der Waals surface area contributed by atoms with E-state index in [0.717, 1.165) is 5.56 Å². The zero-order valence-electron chi connectivity index (χ0n) is 10.7. The van der Waals surface area contributed by atoms with E-state index >= 15 is 0 Å². The summed E-state index contributed by atoms with van der Waals surface area (Å²) in [5.41, 5.74) is 0.952. The summed E-state index contributed by atoms with van der Waals surface area (Å²) in [4.78, 5) is 15.9. The average molecular weight is 329 g/mol. The van der Waals surface area contributed by atoms with Crippen LogP contribution in [0.1, 0.15) is 15.9 Å². The first-order valence-electron chi connectivity index (χ1n) is 5.98. The largest absolute Gasteiger partial charge is 0.348 e. The van der Waals surface area contributed by atoms with Crippen molar-refractivity contribution in [3.05, 3.63) is 58.7 Å². The smallest absolute Gasteiger partial charge is 0.290 e. The quantitative estimate of drug-likeness (QED) is 0.844. The van der Waals surface area contributed by atoms with Gasteiger partial charge in [-0.25, -0.2) is 4.98 Å². The number of carbonyl (C=O) groups is 1. The Labute approximate surface area is 129 Å². The molecule has 0 aliphatic carbocycles. The van der Waals surface area contributed by atoms with Gasteiger partial charge < -0.3 is 5.32 Å². The molecule has 110 valence electrons. The Bertz CT molecular complexity index is 640. The number of amides is 1. The zero-order chi connectivity index (χ0) is 15.2. The molecule has 0 aliphatic rings. The number of pyridine rings is 1. The number of hydrogen-bond acceptors (Lipinski definition) is 3. The van der Waals surface area contributed by atoms with Crippen molar-refractivity contribution in [2.24, 2.45) is 0 Å². The van der Waals surface area contributed by atoms with Crippen molar-refractivity contribution in [1.29, 1.82) is 0 Å². The first-order chi connectivity index (χ1) is 10.1. The predicted octanol–water partition coefficient (Wildman–Crippen LogP) is 3.98. The number of rotatable bonds is 5. The van der Waals surface area contributed by atoms with Gasteiger partial charge in [-0.2, -0.15) is 8.78 Å². The number of alkyl halides is 2. The number of nitrogens with zero attached hydrogens (tertiary/aromatic N) is 1. The summed E-state index contributed by atoms with van der Waals surface area (Å²) in [7, 11) is 0. The Hall–Kier alpha value is -1.66. The zero-order valence-corrected chi connectivity index (χ0v) is 12.3. The van der Waals surface area contributed by atoms with Crippen LogP contribution in [0.25, 0.3) is 0 Å². The number of benzene rings is 1. The Morgan fingerprint density at radius 3 is 2.86 bits per heavy atom. The van der Waals surface area contributed by atoms with Gasteiger partial charge in [0, 0.05) is 17.8 Å². The van der Waals surface area contributed by atoms with Crippen molar-refractivity contribution in [3.8, 4) is 0 Å². The van der Waals surface area contributed by atoms with Crippen LogP contribution in [0.3, 0.4) is 0 Å². The molecule has 0 unspecified atom stereocenters. The van der Waals surface area contributed by atoms with Crippen LogP contribution in [0.4, 0.5) is 8.78 Å². The second kappa shape index (κ2) is 7.38. The van der Waals surface area contributed by atoms with Gasteiger partial charge in [-0.05, 0) is 41.6 Å². The molecule has 0 aliphatic heterocycles. The SMILES string of the molecule is O=C(NCc1cccc(Cl)c1)c1cccnc1SC(F)F. The van der Waals surface area contributed by atoms with E-state index in [9.17, 15) is 13.6 Å². The molecule has 0 spiro atoms. The molecular weight excluding hydrogens is 318 g/mol. The number of hydrogen-bond donors (Lipinski definition) is 1. The lowest BCUT2D eigenvalue weighted by molar-refractivity contribution is 0.0947. The third kappa shape index (κ3) is 4.68. The summed E-state index contributed by atoms with van der Waals surface area (Å²) in [6, 6.07) is 10.0. The van der Waals surface area contributed by atoms with Crippen molar-refractivity contribution >= 4 is 29.3 Å². The fraction of sp³-hybridized carbons (Fsp3) is 0.143. The molecule has 0 bridgehead atoms. The second-order valence-electron chi connectivity index (χ2n) is 4.05. The van der Waals surface area contributed by atoms with E-state index in [-0.39, 0.29) is 28.9 Å². The lowest BCUT2D eigenvalue weighted by Gasteiger charge is -2.09. The minimum absolute atomic E-state index is 0.0103. The van der Waals surface area contributed by atoms with E-state index in [1.807, 2.05) is 6.07 Å². The molecule has 1 aromatic heterocycles. The Kier molecular flexibility index (Phi) is 5.52. The van der Waals surface area contributed by atoms with Gasteiger partial charge in [0.05, 0.1) is 5.56 Å². The van der Waals surface area contributed by atoms with E-state index in [0.29, 0.717) is 5.02 Å². The number of halogens is 3. The lowest BCUT2D eigenvalue weighted by atomic mass is 10.2. The van der Waals surface area contributed by atoms with Gasteiger partial charge in [0.25, 0.3) is 11.7 Å². The standard InChI is InChI=1S/C14H11ClF2N2OS/c15-10-4-1-3-9(7-10)8-19-12(20)11-5-2-6-18-13(11)21-14(16)17/h1-7,14H,8H2,(H,19,20). The monoisotopic (exact) mass is 328 g/mol. The lowest BCUT2D eigenvalue weighted by Crippen LogP contribution is -2.23. The molecule has 0 saturated carbocycles. The highest BCUT2D eigenvalue weighted by Crippen LogP contribution is 2.26. The summed E-state index contributed by atoms with van der Waals surface area (Å²) in [5, 5.41) is 3.24. The van der Waals surface area contributed by atoms with Gasteiger partial charge in [-0.15, -0.1) is 0 Å². The minimum Gasteiger partial charge on any atom is -0.348 e. The Morgan fingerprint density at radius 1 is 1.33 bits per heavy atom. The maximum Gasteiger partial charge on any atom is 0.290 e. The van der Waals surface area contributed by atoms with E-state index < -0.39 is 11.7 Å². The van der Waals surface area contributed by atoms with E-state index in [4.69, 9.17) is 11.6 Å². The van der Waals surface area contributed by atoms with Gasteiger partial charge in [-0.1, -0.05) is 23.7 Å². The molecule has 1 heterocycles. The summed E-state index contributed by atoms with van der Waals surface area (Å²) in [6.07, 6.45) is 1.37. The molecule has 7 heteroatoms. The molecule has 1 amide bonds. The predicted molar refractivity (Wildman–Crippen MR) is 78.7 cm³/mol. The molecule has 1 N–H and O–H groups in total. The Balaban J connectivity index is 2.07. The normalized spacial score (nSPS) is 10.7. The fourth-order valence-corrected chi connectivity index (χ4v) is 2.46. The fourth-order valence-electron chi connectivity index (χ4n) is 1.67. The highest BCUT2D eigenvalue weighted by molar-refractivity contribution is 7.99. The van der Waals surface area contributed by atoms with Crippen LogP contribution in [0.2, 0.25) is 5.02 Å². The van der Waals surface area contributed by atoms with Gasteiger partial charge in [0.2, 0.25) is 0 Å². The Morgan fingerprint density at radius 2 is 2.14 bits per heavy atom. The molecule has 0 fully saturated rings. The average Bonchev–Trinajstić information content (AvgIpc) is 2.45. The van der Waals surface area contributed by atoms with Crippen molar-refractivity contribution in [1.82, 2.24) is 10.3 Å². The van der Waals surface area contributed by atoms with Crippen molar-refractivity contribution < 1.29 is 13.6 Å². The van der Waals surface area contributed by atoms with Crippen LogP contribution in [0, 0.1) is 0 Å². The third-order valence-electron chi connectivity index (χ3n) is 2.56. The number of thioether (sulfide) groups is 1. The molecule has 2 rings (SSSR count). The summed E-state index contributed by atoms with van der Waals surface area (Å²) < 4.78 is 24.9. The molecule has 0 saturated heterocycles. The van der Waals surface area contributed by atoms with Crippen LogP contribution < -0.4 is 5.32 Å². The summed E-state index contributed by atoms with van der Waals surface area (Å²) in [6.45, 7) is 0.257. The second-order valence-corrected chi connectivity index (χ2v) is 5.46.